The van der Waals surface area contributed by atoms with Crippen molar-refractivity contribution in [3.8, 4) is 44.8 Å². The first-order chi connectivity index (χ1) is 28.3. The fourth-order valence-corrected chi connectivity index (χ4v) is 10.4. The topological polar surface area (TPSA) is 9.86 Å². The highest BCUT2D eigenvalue weighted by Crippen LogP contribution is 2.44. The Morgan fingerprint density at radius 2 is 0.877 bits per heavy atom. The number of benzene rings is 9. The summed E-state index contributed by atoms with van der Waals surface area (Å²) in [5.41, 5.74) is 14.5. The third-order valence-electron chi connectivity index (χ3n) is 11.7. The number of para-hydroxylation sites is 2. The Balaban J connectivity index is 1.09. The number of nitrogens with zero attached hydrogens (tertiary/aromatic N) is 2. The van der Waals surface area contributed by atoms with E-state index in [4.69, 9.17) is 0 Å². The molecule has 9 aromatic carbocycles. The van der Waals surface area contributed by atoms with Gasteiger partial charge < -0.3 is 9.13 Å². The van der Waals surface area contributed by atoms with E-state index in [1.54, 1.807) is 0 Å². The predicted molar refractivity (Wildman–Crippen MR) is 244 cm³/mol. The molecule has 0 aliphatic carbocycles. The molecule has 57 heavy (non-hydrogen) atoms. The highest BCUT2D eigenvalue weighted by atomic mass is 32.1. The van der Waals surface area contributed by atoms with Crippen LogP contribution in [0.15, 0.2) is 206 Å². The zero-order valence-electron chi connectivity index (χ0n) is 30.9. The van der Waals surface area contributed by atoms with Crippen LogP contribution in [0.25, 0.3) is 109 Å². The highest BCUT2D eigenvalue weighted by Gasteiger charge is 2.20. The molecule has 0 unspecified atom stereocenters. The Hall–Kier alpha value is -7.20. The van der Waals surface area contributed by atoms with Crippen LogP contribution in [0.4, 0.5) is 0 Å². The van der Waals surface area contributed by atoms with Crippen molar-refractivity contribution in [2.24, 2.45) is 0 Å². The lowest BCUT2D eigenvalue weighted by atomic mass is 9.96. The lowest BCUT2D eigenvalue weighted by Crippen LogP contribution is -1.96. The number of thiophene rings is 1. The Bertz CT molecular complexity index is 3510. The van der Waals surface area contributed by atoms with Crippen molar-refractivity contribution in [1.82, 2.24) is 9.13 Å². The van der Waals surface area contributed by atoms with Gasteiger partial charge in [-0.05, 0) is 88.5 Å². The van der Waals surface area contributed by atoms with Crippen molar-refractivity contribution in [3.05, 3.63) is 206 Å². The second-order valence-electron chi connectivity index (χ2n) is 14.9. The maximum atomic E-state index is 2.47. The molecule has 0 fully saturated rings. The summed E-state index contributed by atoms with van der Waals surface area (Å²) in [7, 11) is 0. The van der Waals surface area contributed by atoms with Gasteiger partial charge in [0.05, 0.1) is 22.1 Å². The first kappa shape index (κ1) is 32.1. The van der Waals surface area contributed by atoms with Crippen LogP contribution < -0.4 is 0 Å². The van der Waals surface area contributed by atoms with Gasteiger partial charge in [-0.1, -0.05) is 146 Å². The van der Waals surface area contributed by atoms with Gasteiger partial charge in [0, 0.05) is 58.7 Å². The lowest BCUT2D eigenvalue weighted by molar-refractivity contribution is 1.17. The van der Waals surface area contributed by atoms with Crippen LogP contribution in [-0.2, 0) is 0 Å². The minimum Gasteiger partial charge on any atom is -0.309 e. The Morgan fingerprint density at radius 3 is 1.70 bits per heavy atom. The summed E-state index contributed by atoms with van der Waals surface area (Å²) in [5, 5.41) is 7.59. The molecule has 0 saturated heterocycles. The summed E-state index contributed by atoms with van der Waals surface area (Å²) < 4.78 is 7.56. The van der Waals surface area contributed by atoms with Gasteiger partial charge in [0.1, 0.15) is 0 Å². The van der Waals surface area contributed by atoms with Gasteiger partial charge in [0.15, 0.2) is 0 Å². The molecule has 3 heterocycles. The first-order valence-electron chi connectivity index (χ1n) is 19.5. The summed E-state index contributed by atoms with van der Waals surface area (Å²) in [6.07, 6.45) is 0. The van der Waals surface area contributed by atoms with Crippen LogP contribution in [-0.4, -0.2) is 9.13 Å². The fraction of sp³-hybridized carbons (Fsp3) is 0. The molecule has 0 saturated carbocycles. The zero-order chi connectivity index (χ0) is 37.5. The van der Waals surface area contributed by atoms with Crippen LogP contribution in [0.5, 0.6) is 0 Å². The van der Waals surface area contributed by atoms with Crippen LogP contribution in [0.2, 0.25) is 0 Å². The van der Waals surface area contributed by atoms with Crippen LogP contribution >= 0.6 is 11.3 Å². The predicted octanol–water partition coefficient (Wildman–Crippen LogP) is 15.2. The second kappa shape index (κ2) is 12.7. The van der Waals surface area contributed by atoms with E-state index in [1.807, 2.05) is 11.3 Å². The molecule has 0 atom stereocenters. The van der Waals surface area contributed by atoms with E-state index >= 15 is 0 Å². The number of hydrogen-bond donors (Lipinski definition) is 0. The lowest BCUT2D eigenvalue weighted by Gasteiger charge is -2.13. The molecule has 266 valence electrons. The number of fused-ring (bicyclic) bond motifs is 9. The van der Waals surface area contributed by atoms with E-state index in [1.165, 1.54) is 103 Å². The molecule has 0 amide bonds. The van der Waals surface area contributed by atoms with E-state index in [-0.39, 0.29) is 0 Å². The van der Waals surface area contributed by atoms with E-state index < -0.39 is 0 Å². The molecule has 12 rings (SSSR count). The molecule has 0 N–H and O–H groups in total. The van der Waals surface area contributed by atoms with E-state index in [0.717, 1.165) is 5.69 Å². The average Bonchev–Trinajstić information content (AvgIpc) is 3.94. The Morgan fingerprint density at radius 1 is 0.298 bits per heavy atom. The highest BCUT2D eigenvalue weighted by molar-refractivity contribution is 7.26. The first-order valence-corrected chi connectivity index (χ1v) is 20.3. The SMILES string of the molecule is c1ccc(-c2cccc(-c3cccc4c3c3ccccc3n4-c3ccc4c(c3)c3ccccc3n4-c3cc(-c4ccccc4)c4sc5ccccc5c4c3)c2)cc1. The van der Waals surface area contributed by atoms with Gasteiger partial charge in [-0.15, -0.1) is 11.3 Å². The maximum Gasteiger partial charge on any atom is 0.0547 e. The van der Waals surface area contributed by atoms with E-state index in [0.29, 0.717) is 0 Å². The van der Waals surface area contributed by atoms with Crippen LogP contribution in [0.3, 0.4) is 0 Å². The van der Waals surface area contributed by atoms with E-state index in [9.17, 15) is 0 Å². The number of aromatic nitrogens is 2. The molecular weight excluding hydrogens is 709 g/mol. The van der Waals surface area contributed by atoms with Crippen molar-refractivity contribution in [1.29, 1.82) is 0 Å². The van der Waals surface area contributed by atoms with Crippen molar-refractivity contribution < 1.29 is 0 Å². The van der Waals surface area contributed by atoms with Gasteiger partial charge in [0.25, 0.3) is 0 Å². The summed E-state index contributed by atoms with van der Waals surface area (Å²) in [4.78, 5) is 0. The average molecular weight is 743 g/mol. The van der Waals surface area contributed by atoms with Crippen molar-refractivity contribution >= 4 is 75.1 Å². The van der Waals surface area contributed by atoms with Gasteiger partial charge in [-0.25, -0.2) is 0 Å². The Labute approximate surface area is 333 Å². The number of rotatable bonds is 5. The summed E-state index contributed by atoms with van der Waals surface area (Å²) in [5.74, 6) is 0. The van der Waals surface area contributed by atoms with Gasteiger partial charge in [-0.3, -0.25) is 0 Å². The minimum absolute atomic E-state index is 1.15. The third kappa shape index (κ3) is 4.96. The summed E-state index contributed by atoms with van der Waals surface area (Å²) in [6.45, 7) is 0. The molecular formula is C54H34N2S. The smallest absolute Gasteiger partial charge is 0.0547 e. The fourth-order valence-electron chi connectivity index (χ4n) is 9.19. The van der Waals surface area contributed by atoms with Crippen LogP contribution in [0.1, 0.15) is 0 Å². The van der Waals surface area contributed by atoms with Gasteiger partial charge in [-0.2, -0.15) is 0 Å². The summed E-state index contributed by atoms with van der Waals surface area (Å²) >= 11 is 1.89. The molecule has 12 aromatic rings. The largest absolute Gasteiger partial charge is 0.309 e. The quantitative estimate of drug-likeness (QED) is 0.166. The standard InChI is InChI=1S/C54H34N2S/c1-3-15-35(16-4-1)37-19-13-20-38(31-37)41-24-14-27-51-53(41)44-23-8-11-26-49(44)55(51)39-29-30-50-46(32-39)42-21-7-10-25-48(42)56(50)40-33-45(36-17-5-2-6-18-36)54-47(34-40)43-22-9-12-28-52(43)57-54/h1-34H. The van der Waals surface area contributed by atoms with Gasteiger partial charge in [0.2, 0.25) is 0 Å². The zero-order valence-corrected chi connectivity index (χ0v) is 31.7. The molecule has 0 aliphatic heterocycles. The van der Waals surface area contributed by atoms with Crippen molar-refractivity contribution in [2.45, 2.75) is 0 Å². The molecule has 0 aliphatic rings. The third-order valence-corrected chi connectivity index (χ3v) is 12.9. The molecule has 0 spiro atoms. The van der Waals surface area contributed by atoms with Crippen molar-refractivity contribution in [2.75, 3.05) is 0 Å². The normalized spacial score (nSPS) is 11.9. The maximum absolute atomic E-state index is 2.47. The van der Waals surface area contributed by atoms with E-state index in [2.05, 4.69) is 215 Å². The monoisotopic (exact) mass is 742 g/mol. The molecule has 3 heteroatoms. The van der Waals surface area contributed by atoms with Crippen LogP contribution in [0, 0.1) is 0 Å². The van der Waals surface area contributed by atoms with Crippen molar-refractivity contribution in [3.63, 3.8) is 0 Å². The number of hydrogen-bond acceptors (Lipinski definition) is 1. The molecule has 0 radical (unpaired) electrons. The second-order valence-corrected chi connectivity index (χ2v) is 15.9. The Kier molecular flexibility index (Phi) is 7.13. The molecule has 3 aromatic heterocycles. The minimum atomic E-state index is 1.15. The van der Waals surface area contributed by atoms with Gasteiger partial charge >= 0.3 is 0 Å². The molecule has 2 nitrogen and oxygen atoms in total. The molecule has 0 bridgehead atoms. The summed E-state index contributed by atoms with van der Waals surface area (Å²) in [6, 6.07) is 75.6.